The Hall–Kier alpha value is -3.74. The average molecular weight is 397 g/mol. The van der Waals surface area contributed by atoms with Crippen LogP contribution < -0.4 is 15.1 Å². The van der Waals surface area contributed by atoms with E-state index >= 15 is 0 Å². The van der Waals surface area contributed by atoms with Gasteiger partial charge in [0.2, 0.25) is 5.95 Å². The van der Waals surface area contributed by atoms with Gasteiger partial charge in [-0.1, -0.05) is 30.3 Å². The molecule has 2 aromatic heterocycles. The zero-order valence-corrected chi connectivity index (χ0v) is 16.9. The highest BCUT2D eigenvalue weighted by Crippen LogP contribution is 2.24. The molecule has 0 amide bonds. The van der Waals surface area contributed by atoms with E-state index < -0.39 is 0 Å². The molecule has 4 aromatic rings. The lowest BCUT2D eigenvalue weighted by Gasteiger charge is -2.36. The summed E-state index contributed by atoms with van der Waals surface area (Å²) in [7, 11) is 0. The average Bonchev–Trinajstić information content (AvgIpc) is 2.80. The number of nitrogens with one attached hydrogen (secondary N) is 1. The molecule has 1 aliphatic rings. The van der Waals surface area contributed by atoms with E-state index in [-0.39, 0.29) is 0 Å². The molecular weight excluding hydrogens is 374 g/mol. The minimum absolute atomic E-state index is 0.650. The van der Waals surface area contributed by atoms with Gasteiger partial charge < -0.3 is 15.1 Å². The van der Waals surface area contributed by atoms with Gasteiger partial charge in [0.1, 0.15) is 0 Å². The topological polar surface area (TPSA) is 70.1 Å². The maximum atomic E-state index is 4.71. The third-order valence-electron chi connectivity index (χ3n) is 5.37. The standard InChI is InChI=1S/C23H23N7/c1-17-5-2-8-19(15-17)29-11-13-30(14-12-29)23-27-21(16-25-28-23)26-20-9-3-6-18-7-4-10-24-22(18)20/h2-10,15-16H,11-14H2,1H3,(H,26,27,28). The van der Waals surface area contributed by atoms with Crippen molar-refractivity contribution >= 4 is 34.0 Å². The van der Waals surface area contributed by atoms with E-state index in [2.05, 4.69) is 61.5 Å². The molecule has 0 aliphatic carbocycles. The predicted molar refractivity (Wildman–Crippen MR) is 120 cm³/mol. The molecular formula is C23H23N7. The summed E-state index contributed by atoms with van der Waals surface area (Å²) in [5.41, 5.74) is 4.37. The van der Waals surface area contributed by atoms with E-state index in [0.29, 0.717) is 11.8 Å². The van der Waals surface area contributed by atoms with Gasteiger partial charge in [-0.2, -0.15) is 10.1 Å². The van der Waals surface area contributed by atoms with Crippen molar-refractivity contribution in [3.8, 4) is 0 Å². The van der Waals surface area contributed by atoms with E-state index in [1.54, 1.807) is 12.4 Å². The summed E-state index contributed by atoms with van der Waals surface area (Å²) < 4.78 is 0. The number of fused-ring (bicyclic) bond motifs is 1. The first-order valence-corrected chi connectivity index (χ1v) is 10.1. The minimum atomic E-state index is 0.650. The lowest BCUT2D eigenvalue weighted by molar-refractivity contribution is 0.635. The van der Waals surface area contributed by atoms with Gasteiger partial charge in [-0.3, -0.25) is 4.98 Å². The maximum Gasteiger partial charge on any atom is 0.247 e. The molecule has 0 spiro atoms. The molecule has 1 N–H and O–H groups in total. The van der Waals surface area contributed by atoms with E-state index in [1.165, 1.54) is 11.3 Å². The summed E-state index contributed by atoms with van der Waals surface area (Å²) in [5, 5.41) is 12.9. The lowest BCUT2D eigenvalue weighted by atomic mass is 10.2. The van der Waals surface area contributed by atoms with E-state index in [0.717, 1.165) is 42.8 Å². The van der Waals surface area contributed by atoms with Crippen LogP contribution in [0.5, 0.6) is 0 Å². The molecule has 0 unspecified atom stereocenters. The summed E-state index contributed by atoms with van der Waals surface area (Å²) in [4.78, 5) is 13.8. The molecule has 5 rings (SSSR count). The molecule has 7 heteroatoms. The molecule has 150 valence electrons. The van der Waals surface area contributed by atoms with Gasteiger partial charge >= 0.3 is 0 Å². The van der Waals surface area contributed by atoms with Gasteiger partial charge in [0.25, 0.3) is 0 Å². The molecule has 1 saturated heterocycles. The van der Waals surface area contributed by atoms with Crippen molar-refractivity contribution in [2.45, 2.75) is 6.92 Å². The zero-order chi connectivity index (χ0) is 20.3. The van der Waals surface area contributed by atoms with Crippen LogP contribution in [-0.2, 0) is 0 Å². The molecule has 0 bridgehead atoms. The third kappa shape index (κ3) is 3.74. The Balaban J connectivity index is 1.31. The molecule has 0 atom stereocenters. The van der Waals surface area contributed by atoms with Crippen molar-refractivity contribution in [3.63, 3.8) is 0 Å². The summed E-state index contributed by atoms with van der Waals surface area (Å²) in [6.07, 6.45) is 3.44. The Kier molecular flexibility index (Phi) is 4.85. The summed E-state index contributed by atoms with van der Waals surface area (Å²) >= 11 is 0. The second-order valence-corrected chi connectivity index (χ2v) is 7.46. The smallest absolute Gasteiger partial charge is 0.247 e. The molecule has 1 aliphatic heterocycles. The zero-order valence-electron chi connectivity index (χ0n) is 16.9. The van der Waals surface area contributed by atoms with Crippen LogP contribution in [-0.4, -0.2) is 46.3 Å². The van der Waals surface area contributed by atoms with Crippen molar-refractivity contribution in [2.24, 2.45) is 0 Å². The molecule has 1 fully saturated rings. The fourth-order valence-corrected chi connectivity index (χ4v) is 3.82. The number of aromatic nitrogens is 4. The highest BCUT2D eigenvalue weighted by molar-refractivity contribution is 5.91. The number of para-hydroxylation sites is 1. The minimum Gasteiger partial charge on any atom is -0.368 e. The third-order valence-corrected chi connectivity index (χ3v) is 5.37. The molecule has 2 aromatic carbocycles. The van der Waals surface area contributed by atoms with Crippen LogP contribution in [0.15, 0.2) is 67.0 Å². The summed E-state index contributed by atoms with van der Waals surface area (Å²) in [6, 6.07) is 18.7. The van der Waals surface area contributed by atoms with Crippen LogP contribution in [0.25, 0.3) is 10.9 Å². The highest BCUT2D eigenvalue weighted by Gasteiger charge is 2.20. The van der Waals surface area contributed by atoms with E-state index in [4.69, 9.17) is 4.98 Å². The van der Waals surface area contributed by atoms with Crippen LogP contribution in [0.4, 0.5) is 23.1 Å². The first-order valence-electron chi connectivity index (χ1n) is 10.1. The first kappa shape index (κ1) is 18.3. The van der Waals surface area contributed by atoms with Crippen LogP contribution in [0, 0.1) is 6.92 Å². The lowest BCUT2D eigenvalue weighted by Crippen LogP contribution is -2.47. The number of aryl methyl sites for hydroxylation is 1. The SMILES string of the molecule is Cc1cccc(N2CCN(c3nncc(Nc4cccc5cccnc45)n3)CC2)c1. The summed E-state index contributed by atoms with van der Waals surface area (Å²) in [6.45, 7) is 5.70. The Bertz CT molecular complexity index is 1160. The maximum absolute atomic E-state index is 4.71. The van der Waals surface area contributed by atoms with Crippen molar-refractivity contribution in [2.75, 3.05) is 41.3 Å². The van der Waals surface area contributed by atoms with Gasteiger partial charge in [0.15, 0.2) is 5.82 Å². The normalized spacial score (nSPS) is 14.2. The first-order chi connectivity index (χ1) is 14.8. The number of hydrogen-bond donors (Lipinski definition) is 1. The van der Waals surface area contributed by atoms with Gasteiger partial charge in [-0.15, -0.1) is 5.10 Å². The van der Waals surface area contributed by atoms with Gasteiger partial charge in [0.05, 0.1) is 17.4 Å². The van der Waals surface area contributed by atoms with E-state index in [1.807, 2.05) is 30.3 Å². The fourth-order valence-electron chi connectivity index (χ4n) is 3.82. The second kappa shape index (κ2) is 7.94. The molecule has 3 heterocycles. The van der Waals surface area contributed by atoms with Gasteiger partial charge in [-0.05, 0) is 36.8 Å². The number of anilines is 4. The highest BCUT2D eigenvalue weighted by atomic mass is 15.4. The second-order valence-electron chi connectivity index (χ2n) is 7.46. The Morgan fingerprint density at radius 2 is 1.70 bits per heavy atom. The van der Waals surface area contributed by atoms with Crippen LogP contribution >= 0.6 is 0 Å². The monoisotopic (exact) mass is 397 g/mol. The van der Waals surface area contributed by atoms with E-state index in [9.17, 15) is 0 Å². The van der Waals surface area contributed by atoms with Crippen molar-refractivity contribution < 1.29 is 0 Å². The van der Waals surface area contributed by atoms with Crippen molar-refractivity contribution in [3.05, 3.63) is 72.6 Å². The van der Waals surface area contributed by atoms with Gasteiger partial charge in [-0.25, -0.2) is 0 Å². The number of rotatable bonds is 4. The quantitative estimate of drug-likeness (QED) is 0.562. The Labute approximate surface area is 175 Å². The number of benzene rings is 2. The van der Waals surface area contributed by atoms with Gasteiger partial charge in [0, 0.05) is 43.4 Å². The molecule has 0 saturated carbocycles. The Morgan fingerprint density at radius 3 is 2.57 bits per heavy atom. The fraction of sp³-hybridized carbons (Fsp3) is 0.217. The predicted octanol–water partition coefficient (Wildman–Crippen LogP) is 3.80. The molecule has 30 heavy (non-hydrogen) atoms. The number of nitrogens with zero attached hydrogens (tertiary/aromatic N) is 6. The molecule has 7 nitrogen and oxygen atoms in total. The number of hydrogen-bond acceptors (Lipinski definition) is 7. The largest absolute Gasteiger partial charge is 0.368 e. The van der Waals surface area contributed by atoms with Crippen LogP contribution in [0.1, 0.15) is 5.56 Å². The van der Waals surface area contributed by atoms with Crippen molar-refractivity contribution in [1.82, 2.24) is 20.2 Å². The Morgan fingerprint density at radius 1 is 0.900 bits per heavy atom. The summed E-state index contributed by atoms with van der Waals surface area (Å²) in [5.74, 6) is 1.32. The van der Waals surface area contributed by atoms with Crippen LogP contribution in [0.2, 0.25) is 0 Å². The van der Waals surface area contributed by atoms with Crippen molar-refractivity contribution in [1.29, 1.82) is 0 Å². The van der Waals surface area contributed by atoms with Crippen LogP contribution in [0.3, 0.4) is 0 Å². The number of pyridine rings is 1. The molecule has 0 radical (unpaired) electrons. The number of piperazine rings is 1.